The maximum Gasteiger partial charge on any atom is 0.338 e. The average Bonchev–Trinajstić information content (AvgIpc) is 3.22. The van der Waals surface area contributed by atoms with Crippen molar-refractivity contribution in [2.75, 3.05) is 25.0 Å². The number of likely N-dealkylation sites (tertiary alicyclic amines) is 1. The van der Waals surface area contributed by atoms with Crippen LogP contribution >= 0.6 is 0 Å². The lowest BCUT2D eigenvalue weighted by atomic mass is 10.1. The van der Waals surface area contributed by atoms with E-state index in [1.54, 1.807) is 29.2 Å². The van der Waals surface area contributed by atoms with Crippen LogP contribution in [0.15, 0.2) is 47.1 Å². The van der Waals surface area contributed by atoms with Crippen molar-refractivity contribution in [1.29, 1.82) is 0 Å². The Morgan fingerprint density at radius 1 is 1.04 bits per heavy atom. The molecule has 1 fully saturated rings. The van der Waals surface area contributed by atoms with Crippen LogP contribution in [0.3, 0.4) is 0 Å². The van der Waals surface area contributed by atoms with Crippen molar-refractivity contribution in [3.8, 4) is 0 Å². The third kappa shape index (κ3) is 4.50. The molecule has 0 spiro atoms. The van der Waals surface area contributed by atoms with Gasteiger partial charge in [-0.3, -0.25) is 9.59 Å². The summed E-state index contributed by atoms with van der Waals surface area (Å²) in [6.45, 7) is 1.19. The lowest BCUT2D eigenvalue weighted by Crippen LogP contribution is -2.38. The van der Waals surface area contributed by atoms with E-state index in [0.29, 0.717) is 11.3 Å². The number of carbonyl (C=O) groups is 3. The third-order valence-electron chi connectivity index (χ3n) is 4.16. The summed E-state index contributed by atoms with van der Waals surface area (Å²) in [6.07, 6.45) is 4.53. The molecule has 0 unspecified atom stereocenters. The maximum absolute atomic E-state index is 12.1. The molecule has 26 heavy (non-hydrogen) atoms. The van der Waals surface area contributed by atoms with Gasteiger partial charge in [0.15, 0.2) is 12.4 Å². The van der Waals surface area contributed by atoms with E-state index >= 15 is 0 Å². The molecule has 1 aromatic heterocycles. The number of furan rings is 1. The second-order valence-electron chi connectivity index (χ2n) is 6.03. The zero-order valence-electron chi connectivity index (χ0n) is 14.3. The molecule has 136 valence electrons. The minimum atomic E-state index is -0.570. The highest BCUT2D eigenvalue weighted by Gasteiger charge is 2.18. The minimum Gasteiger partial charge on any atom is -0.459 e. The number of carbonyl (C=O) groups excluding carboxylic acids is 3. The van der Waals surface area contributed by atoms with E-state index in [0.717, 1.165) is 32.4 Å². The molecule has 1 aromatic carbocycles. The van der Waals surface area contributed by atoms with E-state index in [2.05, 4.69) is 5.32 Å². The zero-order valence-corrected chi connectivity index (χ0v) is 14.3. The molecule has 3 rings (SSSR count). The third-order valence-corrected chi connectivity index (χ3v) is 4.16. The molecular weight excluding hydrogens is 336 g/mol. The standard InChI is InChI=1S/C19H20N2O5/c22-17(21-10-2-1-3-11-21)13-26-19(24)14-6-8-15(9-7-14)20-18(23)16-5-4-12-25-16/h4-9,12H,1-3,10-11,13H2,(H,20,23). The molecule has 0 saturated carbocycles. The van der Waals surface area contributed by atoms with Crippen molar-refractivity contribution in [2.24, 2.45) is 0 Å². The number of anilines is 1. The van der Waals surface area contributed by atoms with Crippen LogP contribution in [0.1, 0.15) is 40.2 Å². The van der Waals surface area contributed by atoms with Gasteiger partial charge in [-0.2, -0.15) is 0 Å². The highest BCUT2D eigenvalue weighted by Crippen LogP contribution is 2.13. The number of esters is 1. The van der Waals surface area contributed by atoms with Gasteiger partial charge in [-0.15, -0.1) is 0 Å². The summed E-state index contributed by atoms with van der Waals surface area (Å²) >= 11 is 0. The Kier molecular flexibility index (Phi) is 5.68. The molecule has 2 aromatic rings. The molecule has 2 amide bonds. The first-order valence-electron chi connectivity index (χ1n) is 8.53. The fourth-order valence-electron chi connectivity index (χ4n) is 2.74. The molecule has 0 radical (unpaired) electrons. The molecular formula is C19H20N2O5. The van der Waals surface area contributed by atoms with Crippen molar-refractivity contribution in [3.63, 3.8) is 0 Å². The summed E-state index contributed by atoms with van der Waals surface area (Å²) in [5.74, 6) is -0.915. The first-order valence-corrected chi connectivity index (χ1v) is 8.53. The van der Waals surface area contributed by atoms with Crippen LogP contribution < -0.4 is 5.32 Å². The Bertz CT molecular complexity index is 762. The van der Waals surface area contributed by atoms with Gasteiger partial charge in [-0.05, 0) is 55.7 Å². The fraction of sp³-hybridized carbons (Fsp3) is 0.316. The number of benzene rings is 1. The van der Waals surface area contributed by atoms with Gasteiger partial charge < -0.3 is 19.4 Å². The number of hydrogen-bond donors (Lipinski definition) is 1. The Labute approximate surface area is 150 Å². The van der Waals surface area contributed by atoms with Crippen molar-refractivity contribution in [2.45, 2.75) is 19.3 Å². The molecule has 0 atom stereocenters. The summed E-state index contributed by atoms with van der Waals surface area (Å²) in [6, 6.07) is 9.42. The number of hydrogen-bond acceptors (Lipinski definition) is 5. The molecule has 1 saturated heterocycles. The molecule has 2 heterocycles. The van der Waals surface area contributed by atoms with Crippen LogP contribution in [0.25, 0.3) is 0 Å². The molecule has 1 aliphatic heterocycles. The molecule has 0 bridgehead atoms. The van der Waals surface area contributed by atoms with Gasteiger partial charge >= 0.3 is 5.97 Å². The number of nitrogens with zero attached hydrogens (tertiary/aromatic N) is 1. The summed E-state index contributed by atoms with van der Waals surface area (Å²) in [7, 11) is 0. The smallest absolute Gasteiger partial charge is 0.338 e. The van der Waals surface area contributed by atoms with E-state index in [1.807, 2.05) is 0 Å². The number of nitrogens with one attached hydrogen (secondary N) is 1. The monoisotopic (exact) mass is 356 g/mol. The minimum absolute atomic E-state index is 0.166. The predicted molar refractivity (Wildman–Crippen MR) is 93.8 cm³/mol. The second-order valence-corrected chi connectivity index (χ2v) is 6.03. The molecule has 7 nitrogen and oxygen atoms in total. The number of amides is 2. The van der Waals surface area contributed by atoms with Crippen LogP contribution in [0.4, 0.5) is 5.69 Å². The number of piperidine rings is 1. The van der Waals surface area contributed by atoms with Crippen molar-refractivity contribution >= 4 is 23.5 Å². The van der Waals surface area contributed by atoms with Crippen LogP contribution in [0.2, 0.25) is 0 Å². The summed E-state index contributed by atoms with van der Waals surface area (Å²) < 4.78 is 10.1. The van der Waals surface area contributed by atoms with Crippen LogP contribution in [0.5, 0.6) is 0 Å². The zero-order chi connectivity index (χ0) is 18.4. The average molecular weight is 356 g/mol. The van der Waals surface area contributed by atoms with Gasteiger partial charge in [0, 0.05) is 18.8 Å². The van der Waals surface area contributed by atoms with E-state index in [9.17, 15) is 14.4 Å². The summed E-state index contributed by atoms with van der Waals surface area (Å²) in [5, 5.41) is 2.66. The Balaban J connectivity index is 1.50. The Hall–Kier alpha value is -3.09. The highest BCUT2D eigenvalue weighted by atomic mass is 16.5. The first-order chi connectivity index (χ1) is 12.6. The summed E-state index contributed by atoms with van der Waals surface area (Å²) in [4.78, 5) is 37.7. The normalized spacial score (nSPS) is 13.9. The Morgan fingerprint density at radius 2 is 1.77 bits per heavy atom. The van der Waals surface area contributed by atoms with E-state index < -0.39 is 5.97 Å². The van der Waals surface area contributed by atoms with Gasteiger partial charge in [0.2, 0.25) is 0 Å². The largest absolute Gasteiger partial charge is 0.459 e. The molecule has 1 aliphatic rings. The maximum atomic E-state index is 12.1. The highest BCUT2D eigenvalue weighted by molar-refractivity contribution is 6.02. The summed E-state index contributed by atoms with van der Waals surface area (Å²) in [5.41, 5.74) is 0.833. The number of ether oxygens (including phenoxy) is 1. The van der Waals surface area contributed by atoms with E-state index in [1.165, 1.54) is 18.4 Å². The SMILES string of the molecule is O=C(OCC(=O)N1CCCCC1)c1ccc(NC(=O)c2ccco2)cc1. The Morgan fingerprint density at radius 3 is 2.42 bits per heavy atom. The van der Waals surface area contributed by atoms with Crippen molar-refractivity contribution < 1.29 is 23.5 Å². The number of rotatable bonds is 5. The van der Waals surface area contributed by atoms with Crippen LogP contribution in [-0.4, -0.2) is 42.4 Å². The molecule has 0 aliphatic carbocycles. The van der Waals surface area contributed by atoms with Crippen molar-refractivity contribution in [1.82, 2.24) is 4.90 Å². The van der Waals surface area contributed by atoms with Gasteiger partial charge in [0.25, 0.3) is 11.8 Å². The lowest BCUT2D eigenvalue weighted by Gasteiger charge is -2.26. The van der Waals surface area contributed by atoms with Gasteiger partial charge in [0.05, 0.1) is 11.8 Å². The first kappa shape index (κ1) is 17.7. The fourth-order valence-corrected chi connectivity index (χ4v) is 2.74. The second kappa shape index (κ2) is 8.33. The lowest BCUT2D eigenvalue weighted by molar-refractivity contribution is -0.135. The van der Waals surface area contributed by atoms with Gasteiger partial charge in [0.1, 0.15) is 0 Å². The predicted octanol–water partition coefficient (Wildman–Crippen LogP) is 2.70. The van der Waals surface area contributed by atoms with Crippen molar-refractivity contribution in [3.05, 3.63) is 54.0 Å². The van der Waals surface area contributed by atoms with E-state index in [4.69, 9.17) is 9.15 Å². The quantitative estimate of drug-likeness (QED) is 0.832. The van der Waals surface area contributed by atoms with E-state index in [-0.39, 0.29) is 24.2 Å². The molecule has 7 heteroatoms. The van der Waals surface area contributed by atoms with Gasteiger partial charge in [-0.25, -0.2) is 4.79 Å². The van der Waals surface area contributed by atoms with Crippen LogP contribution in [-0.2, 0) is 9.53 Å². The molecule has 1 N–H and O–H groups in total. The topological polar surface area (TPSA) is 88.9 Å². The van der Waals surface area contributed by atoms with Crippen LogP contribution in [0, 0.1) is 0 Å². The van der Waals surface area contributed by atoms with Gasteiger partial charge in [-0.1, -0.05) is 0 Å².